The van der Waals surface area contributed by atoms with E-state index < -0.39 is 5.60 Å². The minimum absolute atomic E-state index is 0.165. The van der Waals surface area contributed by atoms with E-state index in [0.717, 1.165) is 22.2 Å². The molecule has 0 bridgehead atoms. The summed E-state index contributed by atoms with van der Waals surface area (Å²) in [5, 5.41) is 0.915. The SMILES string of the molecule is COc1ccc2c(c1CN1CCN(C(=O)OC(C)(C)C)CC1)O/C(=C\c1c[nH]c3ncccc13)C2=O. The predicted molar refractivity (Wildman–Crippen MR) is 135 cm³/mol. The maximum Gasteiger partial charge on any atom is 0.410 e. The predicted octanol–water partition coefficient (Wildman–Crippen LogP) is 4.24. The fourth-order valence-corrected chi connectivity index (χ4v) is 4.51. The smallest absolute Gasteiger partial charge is 0.410 e. The van der Waals surface area contributed by atoms with E-state index >= 15 is 0 Å². The summed E-state index contributed by atoms with van der Waals surface area (Å²) in [6.45, 7) is 8.59. The minimum Gasteiger partial charge on any atom is -0.496 e. The van der Waals surface area contributed by atoms with Crippen molar-refractivity contribution in [2.75, 3.05) is 33.3 Å². The maximum atomic E-state index is 13.2. The number of methoxy groups -OCH3 is 1. The van der Waals surface area contributed by atoms with Gasteiger partial charge in [0.25, 0.3) is 0 Å². The summed E-state index contributed by atoms with van der Waals surface area (Å²) in [6.07, 6.45) is 4.99. The molecule has 0 spiro atoms. The molecule has 0 saturated carbocycles. The van der Waals surface area contributed by atoms with Crippen molar-refractivity contribution in [1.82, 2.24) is 19.8 Å². The number of nitrogens with one attached hydrogen (secondary N) is 1. The highest BCUT2D eigenvalue weighted by atomic mass is 16.6. The first-order chi connectivity index (χ1) is 17.2. The molecule has 9 nitrogen and oxygen atoms in total. The van der Waals surface area contributed by atoms with Gasteiger partial charge in [0.05, 0.1) is 18.2 Å². The number of rotatable bonds is 4. The number of Topliss-reactive ketones (excluding diaryl/α,β-unsaturated/α-hetero) is 1. The third-order valence-electron chi connectivity index (χ3n) is 6.29. The van der Waals surface area contributed by atoms with Crippen LogP contribution in [0, 0.1) is 0 Å². The number of aromatic nitrogens is 2. The van der Waals surface area contributed by atoms with Crippen LogP contribution < -0.4 is 9.47 Å². The lowest BCUT2D eigenvalue weighted by Crippen LogP contribution is -2.49. The van der Waals surface area contributed by atoms with Crippen molar-refractivity contribution < 1.29 is 23.8 Å². The van der Waals surface area contributed by atoms with Gasteiger partial charge >= 0.3 is 6.09 Å². The third kappa shape index (κ3) is 4.66. The molecule has 0 unspecified atom stereocenters. The topological polar surface area (TPSA) is 97.0 Å². The number of hydrogen-bond donors (Lipinski definition) is 1. The Morgan fingerprint density at radius 3 is 2.69 bits per heavy atom. The third-order valence-corrected chi connectivity index (χ3v) is 6.29. The van der Waals surface area contributed by atoms with E-state index in [1.54, 1.807) is 30.3 Å². The van der Waals surface area contributed by atoms with Crippen LogP contribution in [0.1, 0.15) is 42.3 Å². The number of benzene rings is 1. The summed E-state index contributed by atoms with van der Waals surface area (Å²) in [5.74, 6) is 1.28. The molecule has 1 N–H and O–H groups in total. The Bertz CT molecular complexity index is 1350. The number of pyridine rings is 1. The number of hydrogen-bond acceptors (Lipinski definition) is 7. The number of carbonyl (C=O) groups excluding carboxylic acids is 2. The number of piperazine rings is 1. The molecule has 0 atom stereocenters. The number of aromatic amines is 1. The van der Waals surface area contributed by atoms with Crippen LogP contribution in [-0.4, -0.2) is 70.5 Å². The molecular formula is C27H30N4O5. The normalized spacial score (nSPS) is 17.4. The molecule has 1 aromatic carbocycles. The van der Waals surface area contributed by atoms with Gasteiger partial charge in [0, 0.05) is 56.1 Å². The summed E-state index contributed by atoms with van der Waals surface area (Å²) in [4.78, 5) is 37.0. The van der Waals surface area contributed by atoms with Crippen LogP contribution in [0.2, 0.25) is 0 Å². The lowest BCUT2D eigenvalue weighted by Gasteiger charge is -2.35. The van der Waals surface area contributed by atoms with Gasteiger partial charge in [-0.05, 0) is 51.1 Å². The van der Waals surface area contributed by atoms with Gasteiger partial charge in [-0.15, -0.1) is 0 Å². The van der Waals surface area contributed by atoms with Gasteiger partial charge in [-0.25, -0.2) is 9.78 Å². The van der Waals surface area contributed by atoms with Gasteiger partial charge in [-0.1, -0.05) is 0 Å². The van der Waals surface area contributed by atoms with Crippen molar-refractivity contribution in [3.63, 3.8) is 0 Å². The second kappa shape index (κ2) is 9.31. The quantitative estimate of drug-likeness (QED) is 0.547. The highest BCUT2D eigenvalue weighted by Gasteiger charge is 2.33. The molecule has 4 heterocycles. The first-order valence-electron chi connectivity index (χ1n) is 12.0. The van der Waals surface area contributed by atoms with Gasteiger partial charge in [-0.2, -0.15) is 0 Å². The zero-order chi connectivity index (χ0) is 25.4. The van der Waals surface area contributed by atoms with Gasteiger partial charge in [0.15, 0.2) is 5.76 Å². The highest BCUT2D eigenvalue weighted by Crippen LogP contribution is 2.41. The fraction of sp³-hybridized carbons (Fsp3) is 0.370. The van der Waals surface area contributed by atoms with E-state index in [-0.39, 0.29) is 17.6 Å². The second-order valence-electron chi connectivity index (χ2n) is 9.95. The molecular weight excluding hydrogens is 460 g/mol. The van der Waals surface area contributed by atoms with E-state index in [1.807, 2.05) is 45.2 Å². The van der Waals surface area contributed by atoms with E-state index in [4.69, 9.17) is 14.2 Å². The summed E-state index contributed by atoms with van der Waals surface area (Å²) in [5.41, 5.74) is 2.39. The van der Waals surface area contributed by atoms with Crippen molar-refractivity contribution in [2.45, 2.75) is 32.9 Å². The fourth-order valence-electron chi connectivity index (χ4n) is 4.51. The van der Waals surface area contributed by atoms with Gasteiger partial charge in [-0.3, -0.25) is 9.69 Å². The monoisotopic (exact) mass is 490 g/mol. The Morgan fingerprint density at radius 1 is 1.19 bits per heavy atom. The van der Waals surface area contributed by atoms with E-state index in [9.17, 15) is 9.59 Å². The van der Waals surface area contributed by atoms with Gasteiger partial charge < -0.3 is 24.1 Å². The summed E-state index contributed by atoms with van der Waals surface area (Å²) >= 11 is 0. The second-order valence-corrected chi connectivity index (χ2v) is 9.95. The van der Waals surface area contributed by atoms with Crippen LogP contribution in [0.4, 0.5) is 4.79 Å². The standard InChI is InChI=1S/C27H30N4O5/c1-27(2,3)36-26(33)31-12-10-30(11-13-31)16-20-21(34-4)8-7-19-23(32)22(35-24(19)20)14-17-15-29-25-18(17)6-5-9-28-25/h5-9,14-15H,10-13,16H2,1-4H3,(H,28,29)/b22-14-. The van der Waals surface area contributed by atoms with Crippen LogP contribution in [0.15, 0.2) is 42.4 Å². The molecule has 1 amide bonds. The molecule has 2 aliphatic rings. The molecule has 188 valence electrons. The summed E-state index contributed by atoms with van der Waals surface area (Å²) in [7, 11) is 1.61. The summed E-state index contributed by atoms with van der Waals surface area (Å²) < 4.78 is 17.3. The first-order valence-corrected chi connectivity index (χ1v) is 12.0. The van der Waals surface area contributed by atoms with E-state index in [2.05, 4.69) is 14.9 Å². The number of amides is 1. The molecule has 2 aromatic heterocycles. The number of allylic oxidation sites excluding steroid dienone is 1. The van der Waals surface area contributed by atoms with Crippen LogP contribution >= 0.6 is 0 Å². The Morgan fingerprint density at radius 2 is 1.97 bits per heavy atom. The largest absolute Gasteiger partial charge is 0.496 e. The highest BCUT2D eigenvalue weighted by molar-refractivity contribution is 6.15. The van der Waals surface area contributed by atoms with Crippen LogP contribution in [-0.2, 0) is 11.3 Å². The Hall–Kier alpha value is -3.85. The molecule has 36 heavy (non-hydrogen) atoms. The number of nitrogens with zero attached hydrogens (tertiary/aromatic N) is 3. The summed E-state index contributed by atoms with van der Waals surface area (Å²) in [6, 6.07) is 7.36. The Labute approximate surface area is 209 Å². The first kappa shape index (κ1) is 23.9. The molecule has 5 rings (SSSR count). The number of ether oxygens (including phenoxy) is 3. The average molecular weight is 491 g/mol. The Balaban J connectivity index is 1.35. The molecule has 2 aliphatic heterocycles. The van der Waals surface area contributed by atoms with Crippen LogP contribution in [0.3, 0.4) is 0 Å². The molecule has 3 aromatic rings. The lowest BCUT2D eigenvalue weighted by molar-refractivity contribution is 0.0138. The zero-order valence-corrected chi connectivity index (χ0v) is 21.0. The zero-order valence-electron chi connectivity index (χ0n) is 21.0. The number of H-pyrrole nitrogens is 1. The van der Waals surface area contributed by atoms with Crippen LogP contribution in [0.25, 0.3) is 17.1 Å². The van der Waals surface area contributed by atoms with Crippen molar-refractivity contribution in [3.05, 3.63) is 59.1 Å². The average Bonchev–Trinajstić information content (AvgIpc) is 3.40. The van der Waals surface area contributed by atoms with Crippen molar-refractivity contribution in [1.29, 1.82) is 0 Å². The Kier molecular flexibility index (Phi) is 6.17. The van der Waals surface area contributed by atoms with Gasteiger partial charge in [0.2, 0.25) is 5.78 Å². The molecule has 1 saturated heterocycles. The molecule has 1 fully saturated rings. The van der Waals surface area contributed by atoms with Crippen molar-refractivity contribution in [3.8, 4) is 11.5 Å². The van der Waals surface area contributed by atoms with Crippen LogP contribution in [0.5, 0.6) is 11.5 Å². The lowest BCUT2D eigenvalue weighted by atomic mass is 10.0. The number of fused-ring (bicyclic) bond motifs is 2. The van der Waals surface area contributed by atoms with E-state index in [1.165, 1.54) is 0 Å². The molecule has 0 aliphatic carbocycles. The van der Waals surface area contributed by atoms with Gasteiger partial charge in [0.1, 0.15) is 22.7 Å². The minimum atomic E-state index is -0.523. The van der Waals surface area contributed by atoms with E-state index in [0.29, 0.717) is 49.8 Å². The van der Waals surface area contributed by atoms with Crippen molar-refractivity contribution >= 4 is 29.0 Å². The maximum absolute atomic E-state index is 13.2. The molecule has 0 radical (unpaired) electrons. The molecule has 9 heteroatoms. The number of ketones is 1. The van der Waals surface area contributed by atoms with Crippen molar-refractivity contribution in [2.24, 2.45) is 0 Å². The number of carbonyl (C=O) groups is 2.